The fourth-order valence-corrected chi connectivity index (χ4v) is 2.14. The summed E-state index contributed by atoms with van der Waals surface area (Å²) in [6.07, 6.45) is 1.48. The van der Waals surface area contributed by atoms with Gasteiger partial charge in [0.15, 0.2) is 0 Å². The standard InChI is InChI=1S/C13H9Cl2NO3/c1-19-13(18)10-4-7(6-16-12(10)17)9-3-2-8(14)5-11(9)15/h2-6H,1H3,(H,16,17). The summed E-state index contributed by atoms with van der Waals surface area (Å²) < 4.78 is 4.54. The van der Waals surface area contributed by atoms with Gasteiger partial charge in [0.2, 0.25) is 0 Å². The zero-order valence-corrected chi connectivity index (χ0v) is 11.4. The van der Waals surface area contributed by atoms with E-state index in [1.165, 1.54) is 19.4 Å². The summed E-state index contributed by atoms with van der Waals surface area (Å²) in [4.78, 5) is 25.5. The van der Waals surface area contributed by atoms with Crippen molar-refractivity contribution in [2.24, 2.45) is 0 Å². The minimum absolute atomic E-state index is 0.0778. The van der Waals surface area contributed by atoms with Crippen molar-refractivity contribution in [3.63, 3.8) is 0 Å². The molecule has 4 nitrogen and oxygen atoms in total. The van der Waals surface area contributed by atoms with E-state index in [-0.39, 0.29) is 5.56 Å². The SMILES string of the molecule is COC(=O)c1cc(-c2ccc(Cl)cc2Cl)c[nH]c1=O. The quantitative estimate of drug-likeness (QED) is 0.866. The fraction of sp³-hybridized carbons (Fsp3) is 0.0769. The number of nitrogens with one attached hydrogen (secondary N) is 1. The average molecular weight is 298 g/mol. The molecular weight excluding hydrogens is 289 g/mol. The van der Waals surface area contributed by atoms with E-state index in [2.05, 4.69) is 9.72 Å². The molecule has 19 heavy (non-hydrogen) atoms. The van der Waals surface area contributed by atoms with Crippen molar-refractivity contribution in [3.8, 4) is 11.1 Å². The molecule has 0 fully saturated rings. The van der Waals surface area contributed by atoms with Crippen molar-refractivity contribution in [2.45, 2.75) is 0 Å². The normalized spacial score (nSPS) is 10.3. The molecule has 0 radical (unpaired) electrons. The van der Waals surface area contributed by atoms with Crippen molar-refractivity contribution in [2.75, 3.05) is 7.11 Å². The Labute approximate surface area is 118 Å². The Morgan fingerprint density at radius 3 is 2.63 bits per heavy atom. The molecule has 2 rings (SSSR count). The largest absolute Gasteiger partial charge is 0.465 e. The second-order valence-electron chi connectivity index (χ2n) is 3.75. The molecule has 0 atom stereocenters. The van der Waals surface area contributed by atoms with E-state index in [1.807, 2.05) is 0 Å². The first kappa shape index (κ1) is 13.6. The number of aromatic nitrogens is 1. The number of ether oxygens (including phenoxy) is 1. The number of pyridine rings is 1. The first-order chi connectivity index (χ1) is 9.02. The van der Waals surface area contributed by atoms with E-state index in [1.54, 1.807) is 18.2 Å². The Hall–Kier alpha value is -1.78. The van der Waals surface area contributed by atoms with Gasteiger partial charge in [-0.3, -0.25) is 4.79 Å². The van der Waals surface area contributed by atoms with Crippen molar-refractivity contribution < 1.29 is 9.53 Å². The van der Waals surface area contributed by atoms with Gasteiger partial charge in [0.05, 0.1) is 7.11 Å². The maximum absolute atomic E-state index is 11.5. The smallest absolute Gasteiger partial charge is 0.343 e. The number of H-pyrrole nitrogens is 1. The highest BCUT2D eigenvalue weighted by Gasteiger charge is 2.13. The summed E-state index contributed by atoms with van der Waals surface area (Å²) in [5, 5.41) is 0.932. The number of hydrogen-bond acceptors (Lipinski definition) is 3. The van der Waals surface area contributed by atoms with Gasteiger partial charge >= 0.3 is 5.97 Å². The van der Waals surface area contributed by atoms with Crippen LogP contribution in [0, 0.1) is 0 Å². The number of halogens is 2. The molecule has 0 spiro atoms. The molecule has 0 bridgehead atoms. The first-order valence-electron chi connectivity index (χ1n) is 5.29. The lowest BCUT2D eigenvalue weighted by Crippen LogP contribution is -2.18. The second-order valence-corrected chi connectivity index (χ2v) is 4.59. The van der Waals surface area contributed by atoms with E-state index in [4.69, 9.17) is 23.2 Å². The van der Waals surface area contributed by atoms with Crippen LogP contribution in [0.25, 0.3) is 11.1 Å². The predicted molar refractivity (Wildman–Crippen MR) is 73.9 cm³/mol. The minimum Gasteiger partial charge on any atom is -0.465 e. The predicted octanol–water partition coefficient (Wildman–Crippen LogP) is 3.14. The van der Waals surface area contributed by atoms with Gasteiger partial charge in [-0.2, -0.15) is 0 Å². The fourth-order valence-electron chi connectivity index (χ4n) is 1.62. The topological polar surface area (TPSA) is 59.2 Å². The molecule has 0 aliphatic carbocycles. The molecule has 1 heterocycles. The molecule has 0 aliphatic rings. The van der Waals surface area contributed by atoms with Gasteiger partial charge in [0.25, 0.3) is 5.56 Å². The van der Waals surface area contributed by atoms with Gasteiger partial charge in [-0.15, -0.1) is 0 Å². The summed E-state index contributed by atoms with van der Waals surface area (Å²) in [5.74, 6) is -0.701. The third kappa shape index (κ3) is 2.80. The van der Waals surface area contributed by atoms with Crippen LogP contribution in [0.4, 0.5) is 0 Å². The lowest BCUT2D eigenvalue weighted by molar-refractivity contribution is 0.0598. The van der Waals surface area contributed by atoms with Crippen LogP contribution in [-0.2, 0) is 4.74 Å². The van der Waals surface area contributed by atoms with Crippen LogP contribution >= 0.6 is 23.2 Å². The number of rotatable bonds is 2. The Kier molecular flexibility index (Phi) is 3.93. The number of methoxy groups -OCH3 is 1. The van der Waals surface area contributed by atoms with Crippen LogP contribution in [0.3, 0.4) is 0 Å². The summed E-state index contributed by atoms with van der Waals surface area (Å²) in [6.45, 7) is 0. The van der Waals surface area contributed by atoms with Crippen molar-refractivity contribution >= 4 is 29.2 Å². The van der Waals surface area contributed by atoms with Gasteiger partial charge in [-0.05, 0) is 18.2 Å². The maximum atomic E-state index is 11.5. The number of aromatic amines is 1. The molecule has 1 N–H and O–H groups in total. The lowest BCUT2D eigenvalue weighted by atomic mass is 10.1. The van der Waals surface area contributed by atoms with Crippen molar-refractivity contribution in [1.82, 2.24) is 4.98 Å². The minimum atomic E-state index is -0.701. The summed E-state index contributed by atoms with van der Waals surface area (Å²) in [7, 11) is 1.21. The number of carbonyl (C=O) groups is 1. The molecule has 0 aliphatic heterocycles. The van der Waals surface area contributed by atoms with Gasteiger partial charge in [-0.1, -0.05) is 29.3 Å². The average Bonchev–Trinajstić information content (AvgIpc) is 2.39. The number of benzene rings is 1. The van der Waals surface area contributed by atoms with Crippen LogP contribution in [-0.4, -0.2) is 18.1 Å². The Balaban J connectivity index is 2.57. The molecule has 98 valence electrons. The van der Waals surface area contributed by atoms with E-state index >= 15 is 0 Å². The Morgan fingerprint density at radius 2 is 2.00 bits per heavy atom. The number of carbonyl (C=O) groups excluding carboxylic acids is 1. The molecule has 2 aromatic rings. The number of esters is 1. The van der Waals surface area contributed by atoms with Crippen LogP contribution in [0.1, 0.15) is 10.4 Å². The van der Waals surface area contributed by atoms with E-state index in [9.17, 15) is 9.59 Å². The Morgan fingerprint density at radius 1 is 1.26 bits per heavy atom. The molecule has 0 saturated heterocycles. The van der Waals surface area contributed by atoms with Crippen LogP contribution in [0.2, 0.25) is 10.0 Å². The first-order valence-corrected chi connectivity index (χ1v) is 6.05. The van der Waals surface area contributed by atoms with Gasteiger partial charge in [-0.25, -0.2) is 4.79 Å². The van der Waals surface area contributed by atoms with Crippen LogP contribution in [0.15, 0.2) is 35.3 Å². The van der Waals surface area contributed by atoms with Crippen molar-refractivity contribution in [3.05, 3.63) is 56.4 Å². The van der Waals surface area contributed by atoms with Crippen LogP contribution in [0.5, 0.6) is 0 Å². The van der Waals surface area contributed by atoms with E-state index in [0.29, 0.717) is 21.2 Å². The second kappa shape index (κ2) is 5.47. The third-order valence-corrected chi connectivity index (χ3v) is 3.10. The van der Waals surface area contributed by atoms with E-state index < -0.39 is 11.5 Å². The summed E-state index contributed by atoms with van der Waals surface area (Å²) >= 11 is 11.9. The highest BCUT2D eigenvalue weighted by Crippen LogP contribution is 2.29. The maximum Gasteiger partial charge on any atom is 0.343 e. The van der Waals surface area contributed by atoms with Gasteiger partial charge in [0.1, 0.15) is 5.56 Å². The van der Waals surface area contributed by atoms with Gasteiger partial charge < -0.3 is 9.72 Å². The Bertz CT molecular complexity index is 695. The molecular formula is C13H9Cl2NO3. The zero-order valence-electron chi connectivity index (χ0n) is 9.87. The molecule has 0 saturated carbocycles. The monoisotopic (exact) mass is 297 g/mol. The molecule has 6 heteroatoms. The summed E-state index contributed by atoms with van der Waals surface area (Å²) in [6, 6.07) is 6.40. The molecule has 0 amide bonds. The lowest BCUT2D eigenvalue weighted by Gasteiger charge is -2.06. The highest BCUT2D eigenvalue weighted by molar-refractivity contribution is 6.36. The zero-order chi connectivity index (χ0) is 14.0. The van der Waals surface area contributed by atoms with Gasteiger partial charge in [0, 0.05) is 27.4 Å². The molecule has 0 unspecified atom stereocenters. The summed E-state index contributed by atoms with van der Waals surface area (Å²) in [5.41, 5.74) is 0.667. The van der Waals surface area contributed by atoms with E-state index in [0.717, 1.165) is 0 Å². The highest BCUT2D eigenvalue weighted by atomic mass is 35.5. The van der Waals surface area contributed by atoms with Crippen molar-refractivity contribution in [1.29, 1.82) is 0 Å². The molecule has 1 aromatic heterocycles. The van der Waals surface area contributed by atoms with Crippen LogP contribution < -0.4 is 5.56 Å². The molecule has 1 aromatic carbocycles. The number of hydrogen-bond donors (Lipinski definition) is 1. The third-order valence-electron chi connectivity index (χ3n) is 2.55.